The number of hydrogen-bond donors (Lipinski definition) is 3. The van der Waals surface area contributed by atoms with Crippen LogP contribution in [0, 0.1) is 23.2 Å². The number of nitrogens with one attached hydrogen (secondary N) is 1. The number of ether oxygens (including phenoxy) is 1. The van der Waals surface area contributed by atoms with Gasteiger partial charge in [0.1, 0.15) is 11.4 Å². The Morgan fingerprint density at radius 3 is 2.41 bits per heavy atom. The van der Waals surface area contributed by atoms with Crippen LogP contribution < -0.4 is 4.72 Å². The number of nitrogens with zero attached hydrogens (tertiary/aromatic N) is 1. The molecule has 0 spiro atoms. The summed E-state index contributed by atoms with van der Waals surface area (Å²) in [5.41, 5.74) is -0.428. The Bertz CT molecular complexity index is 909. The fourth-order valence-corrected chi connectivity index (χ4v) is 4.00. The topological polar surface area (TPSA) is 103 Å². The van der Waals surface area contributed by atoms with E-state index in [1.807, 2.05) is 12.3 Å². The van der Waals surface area contributed by atoms with Crippen molar-refractivity contribution in [2.24, 2.45) is 0 Å². The van der Waals surface area contributed by atoms with Crippen molar-refractivity contribution in [1.82, 2.24) is 4.72 Å². The third-order valence-corrected chi connectivity index (χ3v) is 6.00. The molecule has 3 N–H and O–H groups in total. The molecule has 0 aromatic heterocycles. The van der Waals surface area contributed by atoms with Gasteiger partial charge < -0.3 is 14.9 Å². The molecule has 1 saturated heterocycles. The Morgan fingerprint density at radius 1 is 1.26 bits per heavy atom. The van der Waals surface area contributed by atoms with E-state index in [1.54, 1.807) is 43.0 Å². The fraction of sp³-hybridized carbons (Fsp3) is 0.391. The van der Waals surface area contributed by atoms with E-state index in [-0.39, 0.29) is 46.0 Å². The van der Waals surface area contributed by atoms with Gasteiger partial charge in [0, 0.05) is 32.6 Å². The molecule has 2 aromatic rings. The zero-order valence-corrected chi connectivity index (χ0v) is 24.2. The molecule has 0 radical (unpaired) electrons. The second-order valence-corrected chi connectivity index (χ2v) is 9.03. The number of thioether (sulfide) groups is 1. The van der Waals surface area contributed by atoms with Crippen LogP contribution in [0.15, 0.2) is 46.2 Å². The smallest absolute Gasteiger partial charge is 0.261 e. The third-order valence-electron chi connectivity index (χ3n) is 4.29. The molecule has 1 unspecified atom stereocenters. The van der Waals surface area contributed by atoms with Crippen LogP contribution in [0.1, 0.15) is 31.7 Å². The maximum Gasteiger partial charge on any atom is 0.261 e. The zero-order chi connectivity index (χ0) is 24.7. The second-order valence-electron chi connectivity index (χ2n) is 6.86. The van der Waals surface area contributed by atoms with Crippen molar-refractivity contribution in [1.29, 1.82) is 5.26 Å². The molecule has 1 aliphatic rings. The Kier molecular flexibility index (Phi) is 17.6. The first-order valence-corrected chi connectivity index (χ1v) is 12.5. The maximum absolute atomic E-state index is 12.2. The van der Waals surface area contributed by atoms with Gasteiger partial charge in [-0.15, -0.1) is 41.6 Å². The van der Waals surface area contributed by atoms with E-state index in [1.165, 1.54) is 12.1 Å². The summed E-state index contributed by atoms with van der Waals surface area (Å²) in [4.78, 5) is 14.0. The van der Waals surface area contributed by atoms with Crippen molar-refractivity contribution < 1.29 is 45.2 Å². The van der Waals surface area contributed by atoms with Gasteiger partial charge in [-0.3, -0.25) is 14.8 Å². The molecule has 1 heterocycles. The number of nitriles is 1. The molecule has 34 heavy (non-hydrogen) atoms. The fourth-order valence-electron chi connectivity index (χ4n) is 2.53. The summed E-state index contributed by atoms with van der Waals surface area (Å²) in [6, 6.07) is 14.4. The predicted molar refractivity (Wildman–Crippen MR) is 130 cm³/mol. The molecule has 1 atom stereocenters. The Hall–Kier alpha value is -1.11. The number of benzene rings is 2. The molecular weight excluding hydrogens is 671 g/mol. The van der Waals surface area contributed by atoms with E-state index in [4.69, 9.17) is 31.8 Å². The Balaban J connectivity index is 0.000000647. The molecule has 11 heteroatoms. The molecule has 0 aliphatic carbocycles. The van der Waals surface area contributed by atoms with Gasteiger partial charge in [0.2, 0.25) is 0 Å². The van der Waals surface area contributed by atoms with Gasteiger partial charge in [-0.05, 0) is 79.7 Å². The summed E-state index contributed by atoms with van der Waals surface area (Å²) in [5, 5.41) is 24.5. The van der Waals surface area contributed by atoms with Crippen molar-refractivity contribution in [2.45, 2.75) is 41.6 Å². The summed E-state index contributed by atoms with van der Waals surface area (Å²) in [6.45, 7) is 2.16. The molecule has 0 saturated carbocycles. The van der Waals surface area contributed by atoms with Crippen molar-refractivity contribution in [3.05, 3.63) is 58.9 Å². The van der Waals surface area contributed by atoms with E-state index >= 15 is 0 Å². The molecule has 6 nitrogen and oxygen atoms in total. The summed E-state index contributed by atoms with van der Waals surface area (Å²) < 4.78 is 20.5. The number of carbonyl (C=O) groups is 1. The van der Waals surface area contributed by atoms with Crippen LogP contribution in [0.4, 0.5) is 4.39 Å². The van der Waals surface area contributed by atoms with E-state index in [0.717, 1.165) is 29.7 Å². The van der Waals surface area contributed by atoms with E-state index in [9.17, 15) is 9.18 Å². The van der Waals surface area contributed by atoms with Crippen LogP contribution in [0.5, 0.6) is 0 Å². The van der Waals surface area contributed by atoms with Gasteiger partial charge in [-0.1, -0.05) is 10.5 Å². The molecular formula is C23H27ClFN2O4S2W-. The van der Waals surface area contributed by atoms with Crippen molar-refractivity contribution >= 4 is 41.2 Å². The predicted octanol–water partition coefficient (Wildman–Crippen LogP) is 4.61. The summed E-state index contributed by atoms with van der Waals surface area (Å²) in [7, 11) is 0. The largest absolute Gasteiger partial charge is 0.394 e. The van der Waals surface area contributed by atoms with Gasteiger partial charge in [0.25, 0.3) is 5.91 Å². The SMILES string of the molecule is CC1(C(=O)NSc2cc(Cl)[c-]c(C#N)c2)CCCCO1.CSc1ccc(F)cc1.OCCO.[W]. The minimum atomic E-state index is -0.770. The number of carbonyl (C=O) groups excluding carboxylic acids is 1. The van der Waals surface area contributed by atoms with E-state index in [2.05, 4.69) is 10.8 Å². The number of amides is 1. The summed E-state index contributed by atoms with van der Waals surface area (Å²) >= 11 is 8.60. The molecule has 1 amide bonds. The van der Waals surface area contributed by atoms with E-state index in [0.29, 0.717) is 28.5 Å². The van der Waals surface area contributed by atoms with Gasteiger partial charge in [-0.2, -0.15) is 0 Å². The normalized spacial score (nSPS) is 16.4. The number of hydrogen-bond acceptors (Lipinski definition) is 7. The van der Waals surface area contributed by atoms with Crippen molar-refractivity contribution in [3.8, 4) is 6.07 Å². The number of halogens is 2. The second kappa shape index (κ2) is 18.2. The molecule has 1 aliphatic heterocycles. The van der Waals surface area contributed by atoms with Gasteiger partial charge in [-0.25, -0.2) is 4.39 Å². The van der Waals surface area contributed by atoms with Crippen LogP contribution in [0.3, 0.4) is 0 Å². The Morgan fingerprint density at radius 2 is 1.91 bits per heavy atom. The van der Waals surface area contributed by atoms with Crippen LogP contribution in [-0.4, -0.2) is 47.8 Å². The molecule has 186 valence electrons. The quantitative estimate of drug-likeness (QED) is 0.239. The standard InChI is InChI=1S/C14H14ClN2O2S.C7H7FS.C2H6O2.W/c1-14(4-2-3-5-19-14)13(18)17-20-12-7-10(9-16)6-11(15)8-12;1-9-7-4-2-6(8)3-5-7;3-1-2-4;/h7-8H,2-5H2,1H3,(H,17,18);2-5H,1H3;3-4H,1-2H2;/q-1;;;. The zero-order valence-electron chi connectivity index (χ0n) is 18.8. The molecule has 3 rings (SSSR count). The monoisotopic (exact) mass is 697 g/mol. The van der Waals surface area contributed by atoms with Crippen LogP contribution in [0.2, 0.25) is 5.02 Å². The minimum Gasteiger partial charge on any atom is -0.394 e. The van der Waals surface area contributed by atoms with Crippen LogP contribution in [0.25, 0.3) is 0 Å². The number of aliphatic hydroxyl groups is 2. The average molecular weight is 698 g/mol. The third kappa shape index (κ3) is 12.6. The minimum absolute atomic E-state index is 0. The maximum atomic E-state index is 12.2. The van der Waals surface area contributed by atoms with Gasteiger partial charge in [0.05, 0.1) is 13.2 Å². The van der Waals surface area contributed by atoms with Gasteiger partial charge in [0.15, 0.2) is 0 Å². The van der Waals surface area contributed by atoms with E-state index < -0.39 is 5.60 Å². The molecule has 1 fully saturated rings. The van der Waals surface area contributed by atoms with Crippen molar-refractivity contribution in [2.75, 3.05) is 26.1 Å². The van der Waals surface area contributed by atoms with Crippen molar-refractivity contribution in [3.63, 3.8) is 0 Å². The molecule has 2 aromatic carbocycles. The molecule has 0 bridgehead atoms. The average Bonchev–Trinajstić information content (AvgIpc) is 2.83. The first-order valence-electron chi connectivity index (χ1n) is 10.0. The van der Waals surface area contributed by atoms with Crippen LogP contribution >= 0.6 is 35.3 Å². The summed E-state index contributed by atoms with van der Waals surface area (Å²) in [6.07, 6.45) is 4.66. The van der Waals surface area contributed by atoms with Gasteiger partial charge >= 0.3 is 0 Å². The number of rotatable bonds is 5. The summed E-state index contributed by atoms with van der Waals surface area (Å²) in [5.74, 6) is -0.336. The first-order chi connectivity index (χ1) is 15.8. The van der Waals surface area contributed by atoms with Crippen LogP contribution in [-0.2, 0) is 30.6 Å². The number of aliphatic hydroxyl groups excluding tert-OH is 2. The Labute approximate surface area is 228 Å². The first kappa shape index (κ1) is 32.9.